The predicted molar refractivity (Wildman–Crippen MR) is 152 cm³/mol. The van der Waals surface area contributed by atoms with E-state index in [2.05, 4.69) is 9.62 Å². The Hall–Kier alpha value is -3.54. The molecule has 0 spiro atoms. The van der Waals surface area contributed by atoms with Gasteiger partial charge in [-0.2, -0.15) is 4.72 Å². The number of carbonyl (C=O) groups is 2. The van der Waals surface area contributed by atoms with Gasteiger partial charge in [-0.15, -0.1) is 0 Å². The number of nitrogen functional groups attached to an aromatic ring is 1. The molecule has 214 valence electrons. The topological polar surface area (TPSA) is 146 Å². The lowest BCUT2D eigenvalue weighted by molar-refractivity contribution is -0.155. The number of nitrogens with zero attached hydrogens (tertiary/aromatic N) is 2. The van der Waals surface area contributed by atoms with Crippen molar-refractivity contribution in [2.45, 2.75) is 56.6 Å². The first-order valence-electron chi connectivity index (χ1n) is 13.4. The zero-order valence-corrected chi connectivity index (χ0v) is 24.0. The van der Waals surface area contributed by atoms with E-state index >= 15 is 0 Å². The molecule has 0 saturated heterocycles. The first-order chi connectivity index (χ1) is 19.0. The van der Waals surface area contributed by atoms with Crippen molar-refractivity contribution < 1.29 is 22.7 Å². The minimum atomic E-state index is -4.11. The lowest BCUT2D eigenvalue weighted by Crippen LogP contribution is -2.56. The standard InChI is InChI=1S/C29H37N5O5S/c1-4-39-29(36)26-14-19(2)10-13-34(26)28(35)25(16-20-6-5-7-22(15-20)27(30)31)32-40(37,38)24-9-8-21-11-12-33(3)18-23(21)17-24/h5-10,15,17,25-26,32H,4,11-14,16,18H2,1-3H3,(H3,30,31)/t25-,26+/m0/s1. The van der Waals surface area contributed by atoms with E-state index in [1.165, 1.54) is 4.90 Å². The summed E-state index contributed by atoms with van der Waals surface area (Å²) in [5.41, 5.74) is 9.75. The molecule has 0 aliphatic carbocycles. The van der Waals surface area contributed by atoms with Crippen LogP contribution >= 0.6 is 0 Å². The molecule has 2 aromatic carbocycles. The second kappa shape index (κ2) is 12.3. The van der Waals surface area contributed by atoms with E-state index in [1.54, 1.807) is 43.3 Å². The lowest BCUT2D eigenvalue weighted by atomic mass is 9.98. The summed E-state index contributed by atoms with van der Waals surface area (Å²) >= 11 is 0. The maximum atomic E-state index is 14.0. The van der Waals surface area contributed by atoms with Gasteiger partial charge in [0.05, 0.1) is 11.5 Å². The van der Waals surface area contributed by atoms with Crippen LogP contribution in [0.25, 0.3) is 0 Å². The molecule has 2 heterocycles. The van der Waals surface area contributed by atoms with Gasteiger partial charge in [-0.25, -0.2) is 13.2 Å². The number of esters is 1. The highest BCUT2D eigenvalue weighted by molar-refractivity contribution is 7.89. The van der Waals surface area contributed by atoms with E-state index in [1.807, 2.05) is 26.1 Å². The van der Waals surface area contributed by atoms with Crippen molar-refractivity contribution in [2.75, 3.05) is 26.7 Å². The molecular formula is C29H37N5O5S. The largest absolute Gasteiger partial charge is 0.464 e. The monoisotopic (exact) mass is 567 g/mol. The molecule has 2 atom stereocenters. The normalized spacial score (nSPS) is 18.4. The highest BCUT2D eigenvalue weighted by atomic mass is 32.2. The van der Waals surface area contributed by atoms with Crippen molar-refractivity contribution in [3.63, 3.8) is 0 Å². The van der Waals surface area contributed by atoms with Crippen LogP contribution < -0.4 is 10.5 Å². The number of hydrogen-bond donors (Lipinski definition) is 3. The SMILES string of the molecule is CCOC(=O)[C@H]1CC(C)=CCN1C(=O)[C@H](Cc1cccc(C(=N)N)c1)NS(=O)(=O)c1ccc2c(c1)CN(C)CC2. The number of fused-ring (bicyclic) bond motifs is 1. The molecule has 4 rings (SSSR count). The van der Waals surface area contributed by atoms with Crippen LogP contribution in [0, 0.1) is 5.41 Å². The second-order valence-corrected chi connectivity index (χ2v) is 12.1. The third kappa shape index (κ3) is 6.78. The van der Waals surface area contributed by atoms with Crippen molar-refractivity contribution in [3.8, 4) is 0 Å². The van der Waals surface area contributed by atoms with Gasteiger partial charge in [-0.1, -0.05) is 35.9 Å². The Morgan fingerprint density at radius 3 is 2.70 bits per heavy atom. The third-order valence-electron chi connectivity index (χ3n) is 7.33. The number of hydrogen-bond acceptors (Lipinski definition) is 7. The number of amidine groups is 1. The summed E-state index contributed by atoms with van der Waals surface area (Å²) in [6, 6.07) is 9.79. The summed E-state index contributed by atoms with van der Waals surface area (Å²) in [6.45, 7) is 5.45. The van der Waals surface area contributed by atoms with Crippen LogP contribution in [0.5, 0.6) is 0 Å². The van der Waals surface area contributed by atoms with Gasteiger partial charge in [-0.05, 0) is 75.0 Å². The van der Waals surface area contributed by atoms with Gasteiger partial charge < -0.3 is 20.3 Å². The molecule has 11 heteroatoms. The van der Waals surface area contributed by atoms with Gasteiger partial charge in [0.1, 0.15) is 17.9 Å². The minimum absolute atomic E-state index is 0.00159. The summed E-state index contributed by atoms with van der Waals surface area (Å²) in [4.78, 5) is 30.4. The van der Waals surface area contributed by atoms with Gasteiger partial charge in [0.25, 0.3) is 0 Å². The molecule has 0 unspecified atom stereocenters. The van der Waals surface area contributed by atoms with Gasteiger partial charge >= 0.3 is 5.97 Å². The van der Waals surface area contributed by atoms with Crippen LogP contribution in [-0.4, -0.2) is 74.8 Å². The van der Waals surface area contributed by atoms with Crippen LogP contribution in [-0.2, 0) is 43.7 Å². The number of likely N-dealkylation sites (N-methyl/N-ethyl adjacent to an activating group) is 1. The fourth-order valence-corrected chi connectivity index (χ4v) is 6.39. The molecule has 0 bridgehead atoms. The van der Waals surface area contributed by atoms with E-state index in [9.17, 15) is 18.0 Å². The number of ether oxygens (including phenoxy) is 1. The number of carbonyl (C=O) groups excluding carboxylic acids is 2. The van der Waals surface area contributed by atoms with Crippen molar-refractivity contribution >= 4 is 27.7 Å². The average Bonchev–Trinajstić information content (AvgIpc) is 2.92. The van der Waals surface area contributed by atoms with Crippen LogP contribution in [0.2, 0.25) is 0 Å². The Morgan fingerprint density at radius 1 is 1.20 bits per heavy atom. The van der Waals surface area contributed by atoms with Crippen molar-refractivity contribution in [1.29, 1.82) is 5.41 Å². The molecule has 0 saturated carbocycles. The van der Waals surface area contributed by atoms with Crippen LogP contribution in [0.4, 0.5) is 0 Å². The molecule has 10 nitrogen and oxygen atoms in total. The molecule has 2 aliphatic heterocycles. The van der Waals surface area contributed by atoms with Crippen LogP contribution in [0.3, 0.4) is 0 Å². The maximum absolute atomic E-state index is 14.0. The molecule has 2 aromatic rings. The zero-order chi connectivity index (χ0) is 29.0. The van der Waals surface area contributed by atoms with E-state index in [-0.39, 0.29) is 30.3 Å². The summed E-state index contributed by atoms with van der Waals surface area (Å²) in [6.07, 6.45) is 3.00. The zero-order valence-electron chi connectivity index (χ0n) is 23.1. The minimum Gasteiger partial charge on any atom is -0.464 e. The predicted octanol–water partition coefficient (Wildman–Crippen LogP) is 1.96. The molecule has 0 fully saturated rings. The Kier molecular flexibility index (Phi) is 9.07. The first kappa shape index (κ1) is 29.4. The summed E-state index contributed by atoms with van der Waals surface area (Å²) in [5, 5.41) is 7.77. The highest BCUT2D eigenvalue weighted by Gasteiger charge is 2.38. The maximum Gasteiger partial charge on any atom is 0.329 e. The molecular weight excluding hydrogens is 530 g/mol. The molecule has 0 radical (unpaired) electrons. The fourth-order valence-electron chi connectivity index (χ4n) is 5.15. The smallest absolute Gasteiger partial charge is 0.329 e. The molecule has 40 heavy (non-hydrogen) atoms. The van der Waals surface area contributed by atoms with Crippen molar-refractivity contribution in [1.82, 2.24) is 14.5 Å². The van der Waals surface area contributed by atoms with E-state index in [0.717, 1.165) is 29.7 Å². The van der Waals surface area contributed by atoms with Gasteiger partial charge in [-0.3, -0.25) is 10.2 Å². The Bertz CT molecular complexity index is 1440. The van der Waals surface area contributed by atoms with Crippen molar-refractivity contribution in [2.24, 2.45) is 5.73 Å². The quantitative estimate of drug-likeness (QED) is 0.182. The number of nitrogens with two attached hydrogens (primary N) is 1. The van der Waals surface area contributed by atoms with E-state index < -0.39 is 34.0 Å². The number of rotatable bonds is 9. The average molecular weight is 568 g/mol. The highest BCUT2D eigenvalue weighted by Crippen LogP contribution is 2.24. The number of amides is 1. The molecule has 1 amide bonds. The second-order valence-electron chi connectivity index (χ2n) is 10.4. The van der Waals surface area contributed by atoms with Gasteiger partial charge in [0.15, 0.2) is 0 Å². The number of benzene rings is 2. The molecule has 4 N–H and O–H groups in total. The summed E-state index contributed by atoms with van der Waals surface area (Å²) < 4.78 is 35.2. The Morgan fingerprint density at radius 2 is 1.98 bits per heavy atom. The summed E-state index contributed by atoms with van der Waals surface area (Å²) in [5.74, 6) is -1.19. The molecule has 0 aromatic heterocycles. The van der Waals surface area contributed by atoms with Crippen molar-refractivity contribution in [3.05, 3.63) is 76.4 Å². The third-order valence-corrected chi connectivity index (χ3v) is 8.80. The lowest BCUT2D eigenvalue weighted by Gasteiger charge is -2.35. The van der Waals surface area contributed by atoms with Crippen LogP contribution in [0.1, 0.15) is 42.5 Å². The van der Waals surface area contributed by atoms with E-state index in [0.29, 0.717) is 24.1 Å². The number of nitrogens with one attached hydrogen (secondary N) is 2. The Balaban J connectivity index is 1.69. The Labute approximate surface area is 235 Å². The van der Waals surface area contributed by atoms with Gasteiger partial charge in [0.2, 0.25) is 15.9 Å². The first-order valence-corrected chi connectivity index (χ1v) is 14.9. The van der Waals surface area contributed by atoms with E-state index in [4.69, 9.17) is 15.9 Å². The summed E-state index contributed by atoms with van der Waals surface area (Å²) in [7, 11) is -2.13. The molecule has 2 aliphatic rings. The fraction of sp³-hybridized carbons (Fsp3) is 0.414. The van der Waals surface area contributed by atoms with Gasteiger partial charge in [0, 0.05) is 25.2 Å². The van der Waals surface area contributed by atoms with Crippen LogP contribution in [0.15, 0.2) is 59.0 Å². The number of sulfonamides is 1.